The number of halogens is 2. The summed E-state index contributed by atoms with van der Waals surface area (Å²) in [7, 11) is 0. The van der Waals surface area contributed by atoms with Gasteiger partial charge in [-0.1, -0.05) is 11.6 Å². The summed E-state index contributed by atoms with van der Waals surface area (Å²) in [6.45, 7) is 2.17. The fourth-order valence-electron chi connectivity index (χ4n) is 4.51. The van der Waals surface area contributed by atoms with Crippen LogP contribution in [-0.4, -0.2) is 34.6 Å². The minimum Gasteiger partial charge on any atom is -0.484 e. The van der Waals surface area contributed by atoms with Crippen LogP contribution in [0, 0.1) is 11.7 Å². The molecule has 1 aromatic carbocycles. The first kappa shape index (κ1) is 21.4. The number of aromatic nitrogens is 1. The Kier molecular flexibility index (Phi) is 5.75. The van der Waals surface area contributed by atoms with Gasteiger partial charge in [-0.25, -0.2) is 4.39 Å². The molecule has 0 radical (unpaired) electrons. The van der Waals surface area contributed by atoms with Crippen LogP contribution in [0.3, 0.4) is 0 Å². The van der Waals surface area contributed by atoms with E-state index in [4.69, 9.17) is 16.3 Å². The lowest BCUT2D eigenvalue weighted by Gasteiger charge is -2.39. The van der Waals surface area contributed by atoms with Gasteiger partial charge in [-0.3, -0.25) is 14.4 Å². The molecule has 1 aromatic heterocycles. The molecule has 164 valence electrons. The molecular formula is C22H23ClFN3O4. The molecular weight excluding hydrogens is 425 g/mol. The maximum absolute atomic E-state index is 13.5. The smallest absolute Gasteiger partial charge is 0.258 e. The quantitative estimate of drug-likeness (QED) is 0.682. The summed E-state index contributed by atoms with van der Waals surface area (Å²) in [4.78, 5) is 36.8. The van der Waals surface area contributed by atoms with Gasteiger partial charge in [0.15, 0.2) is 6.61 Å². The molecule has 31 heavy (non-hydrogen) atoms. The van der Waals surface area contributed by atoms with Crippen molar-refractivity contribution in [1.82, 2.24) is 15.2 Å². The van der Waals surface area contributed by atoms with Gasteiger partial charge >= 0.3 is 0 Å². The van der Waals surface area contributed by atoms with Gasteiger partial charge in [0.1, 0.15) is 11.6 Å². The van der Waals surface area contributed by atoms with Gasteiger partial charge in [0, 0.05) is 42.0 Å². The Morgan fingerprint density at radius 2 is 2.03 bits per heavy atom. The molecule has 1 unspecified atom stereocenters. The van der Waals surface area contributed by atoms with Gasteiger partial charge in [0.25, 0.3) is 17.4 Å². The number of hydrogen-bond donors (Lipinski definition) is 2. The van der Waals surface area contributed by atoms with E-state index in [0.29, 0.717) is 18.5 Å². The fourth-order valence-corrected chi connectivity index (χ4v) is 4.63. The van der Waals surface area contributed by atoms with Crippen molar-refractivity contribution in [2.45, 2.75) is 44.3 Å². The topological polar surface area (TPSA) is 89.4 Å². The minimum atomic E-state index is -0.610. The Morgan fingerprint density at radius 1 is 1.26 bits per heavy atom. The van der Waals surface area contributed by atoms with Crippen LogP contribution < -0.4 is 20.9 Å². The summed E-state index contributed by atoms with van der Waals surface area (Å²) >= 11 is 5.63. The highest BCUT2D eigenvalue weighted by molar-refractivity contribution is 6.30. The zero-order valence-electron chi connectivity index (χ0n) is 17.0. The average Bonchev–Trinajstić information content (AvgIpc) is 3.22. The molecule has 3 aliphatic carbocycles. The third kappa shape index (κ3) is 4.44. The Bertz CT molecular complexity index is 1080. The number of rotatable bonds is 7. The normalized spacial score (nSPS) is 23.7. The molecule has 7 nitrogen and oxygen atoms in total. The van der Waals surface area contributed by atoms with Gasteiger partial charge < -0.3 is 19.9 Å². The van der Waals surface area contributed by atoms with Crippen LogP contribution in [0.5, 0.6) is 5.75 Å². The summed E-state index contributed by atoms with van der Waals surface area (Å²) in [5.41, 5.74) is -0.240. The molecule has 5 rings (SSSR count). The summed E-state index contributed by atoms with van der Waals surface area (Å²) in [6.07, 6.45) is 3.78. The van der Waals surface area contributed by atoms with Crippen LogP contribution in [0.1, 0.15) is 36.5 Å². The van der Waals surface area contributed by atoms with E-state index in [1.54, 1.807) is 12.3 Å². The molecule has 2 aromatic rings. The Hall–Kier alpha value is -2.87. The SMILES string of the molecule is CCn1ccc(C(=O)NC2CC3(NC(=O)COc4ccc(Cl)c(F)c4)CC2C3)cc1=O. The summed E-state index contributed by atoms with van der Waals surface area (Å²) in [5.74, 6) is -0.688. The largest absolute Gasteiger partial charge is 0.484 e. The highest BCUT2D eigenvalue weighted by atomic mass is 35.5. The average molecular weight is 448 g/mol. The minimum absolute atomic E-state index is 0.0122. The molecule has 0 spiro atoms. The molecule has 2 N–H and O–H groups in total. The molecule has 0 aliphatic heterocycles. The molecule has 3 aliphatic rings. The van der Waals surface area contributed by atoms with Gasteiger partial charge in [-0.2, -0.15) is 0 Å². The highest BCUT2D eigenvalue weighted by Gasteiger charge is 2.57. The Morgan fingerprint density at radius 3 is 2.71 bits per heavy atom. The van der Waals surface area contributed by atoms with E-state index in [2.05, 4.69) is 10.6 Å². The van der Waals surface area contributed by atoms with Crippen molar-refractivity contribution in [2.24, 2.45) is 5.92 Å². The van der Waals surface area contributed by atoms with Crippen molar-refractivity contribution in [3.8, 4) is 5.75 Å². The number of aryl methyl sites for hydroxylation is 1. The number of amides is 2. The van der Waals surface area contributed by atoms with E-state index in [-0.39, 0.29) is 52.3 Å². The number of ether oxygens (including phenoxy) is 1. The van der Waals surface area contributed by atoms with Crippen LogP contribution in [0.15, 0.2) is 41.3 Å². The lowest BCUT2D eigenvalue weighted by molar-refractivity contribution is -0.125. The predicted molar refractivity (Wildman–Crippen MR) is 113 cm³/mol. The molecule has 2 amide bonds. The number of pyridine rings is 1. The number of hydrogen-bond acceptors (Lipinski definition) is 4. The number of nitrogens with zero attached hydrogens (tertiary/aromatic N) is 1. The van der Waals surface area contributed by atoms with E-state index in [1.807, 2.05) is 6.92 Å². The lowest BCUT2D eigenvalue weighted by atomic mass is 9.76. The van der Waals surface area contributed by atoms with Gasteiger partial charge in [-0.05, 0) is 50.3 Å². The number of fused-ring (bicyclic) bond motifs is 1. The van der Waals surface area contributed by atoms with E-state index < -0.39 is 5.82 Å². The molecule has 1 atom stereocenters. The van der Waals surface area contributed by atoms with Crippen molar-refractivity contribution in [1.29, 1.82) is 0 Å². The summed E-state index contributed by atoms with van der Waals surface area (Å²) < 4.78 is 20.3. The Labute approximate surface area is 183 Å². The second-order valence-electron chi connectivity index (χ2n) is 8.19. The van der Waals surface area contributed by atoms with Crippen LogP contribution in [0.4, 0.5) is 4.39 Å². The number of carbonyl (C=O) groups excluding carboxylic acids is 2. The van der Waals surface area contributed by atoms with E-state index in [1.165, 1.54) is 22.8 Å². The van der Waals surface area contributed by atoms with Crippen LogP contribution in [0.25, 0.3) is 0 Å². The maximum atomic E-state index is 13.5. The third-order valence-corrected chi connectivity index (χ3v) is 6.37. The number of benzene rings is 1. The van der Waals surface area contributed by atoms with Gasteiger partial charge in [-0.15, -0.1) is 0 Å². The van der Waals surface area contributed by atoms with E-state index in [0.717, 1.165) is 18.9 Å². The van der Waals surface area contributed by atoms with Crippen molar-refractivity contribution in [3.05, 3.63) is 63.3 Å². The molecule has 3 saturated carbocycles. The van der Waals surface area contributed by atoms with Crippen molar-refractivity contribution in [2.75, 3.05) is 6.61 Å². The second-order valence-corrected chi connectivity index (χ2v) is 8.59. The third-order valence-electron chi connectivity index (χ3n) is 6.07. The summed E-state index contributed by atoms with van der Waals surface area (Å²) in [6, 6.07) is 6.91. The molecule has 9 heteroatoms. The molecule has 1 heterocycles. The Balaban J connectivity index is 1.29. The first-order valence-corrected chi connectivity index (χ1v) is 10.6. The van der Waals surface area contributed by atoms with Gasteiger partial charge in [0.05, 0.1) is 5.02 Å². The van der Waals surface area contributed by atoms with Gasteiger partial charge in [0.2, 0.25) is 0 Å². The first-order valence-electron chi connectivity index (χ1n) is 10.2. The van der Waals surface area contributed by atoms with Crippen molar-refractivity contribution in [3.63, 3.8) is 0 Å². The predicted octanol–water partition coefficient (Wildman–Crippen LogP) is 2.51. The zero-order valence-corrected chi connectivity index (χ0v) is 17.7. The maximum Gasteiger partial charge on any atom is 0.258 e. The fraction of sp³-hybridized carbons (Fsp3) is 0.409. The summed E-state index contributed by atoms with van der Waals surface area (Å²) in [5, 5.41) is 5.98. The number of carbonyl (C=O) groups is 2. The standard InChI is InChI=1S/C22H23ClFN3O4/c1-2-27-6-5-13(7-20(27)29)21(30)25-18-11-22(9-14(18)10-22)26-19(28)12-31-15-3-4-16(23)17(24)8-15/h3-8,14,18H,2,9-12H2,1H3,(H,25,30)(H,26,28). The van der Waals surface area contributed by atoms with Crippen LogP contribution in [-0.2, 0) is 11.3 Å². The second kappa shape index (κ2) is 8.34. The monoisotopic (exact) mass is 447 g/mol. The highest BCUT2D eigenvalue weighted by Crippen LogP contribution is 2.52. The van der Waals surface area contributed by atoms with Crippen molar-refractivity contribution < 1.29 is 18.7 Å². The molecule has 0 saturated heterocycles. The van der Waals surface area contributed by atoms with Crippen LogP contribution in [0.2, 0.25) is 5.02 Å². The van der Waals surface area contributed by atoms with E-state index >= 15 is 0 Å². The molecule has 2 bridgehead atoms. The van der Waals surface area contributed by atoms with Crippen LogP contribution >= 0.6 is 11.6 Å². The lowest BCUT2D eigenvalue weighted by Crippen LogP contribution is -2.53. The van der Waals surface area contributed by atoms with E-state index in [9.17, 15) is 18.8 Å². The number of nitrogens with one attached hydrogen (secondary N) is 2. The zero-order chi connectivity index (χ0) is 22.2. The van der Waals surface area contributed by atoms with Crippen molar-refractivity contribution >= 4 is 23.4 Å². The first-order chi connectivity index (χ1) is 14.8. The molecule has 3 fully saturated rings.